The molecule has 1 unspecified atom stereocenters. The van der Waals surface area contributed by atoms with Crippen molar-refractivity contribution in [1.29, 1.82) is 0 Å². The van der Waals surface area contributed by atoms with Gasteiger partial charge in [0, 0.05) is 31.5 Å². The lowest BCUT2D eigenvalue weighted by Crippen LogP contribution is -2.37. The molecule has 0 amide bonds. The monoisotopic (exact) mass is 593 g/mol. The maximum Gasteiger partial charge on any atom is 0.417 e. The normalized spacial score (nSPS) is 12.5. The fourth-order valence-corrected chi connectivity index (χ4v) is 5.40. The first-order chi connectivity index (χ1) is 20.1. The summed E-state index contributed by atoms with van der Waals surface area (Å²) in [5.41, 5.74) is 2.73. The first-order valence-corrected chi connectivity index (χ1v) is 14.4. The lowest BCUT2D eigenvalue weighted by Gasteiger charge is -2.34. The quantitative estimate of drug-likeness (QED) is 0.155. The van der Waals surface area contributed by atoms with Gasteiger partial charge in [0.15, 0.2) is 0 Å². The highest BCUT2D eigenvalue weighted by Crippen LogP contribution is 2.37. The number of benzene rings is 4. The van der Waals surface area contributed by atoms with Crippen LogP contribution in [0.25, 0.3) is 0 Å². The van der Waals surface area contributed by atoms with Gasteiger partial charge in [0.25, 0.3) is 0 Å². The smallest absolute Gasteiger partial charge is 0.417 e. The van der Waals surface area contributed by atoms with Crippen molar-refractivity contribution in [3.05, 3.63) is 136 Å². The van der Waals surface area contributed by atoms with Gasteiger partial charge in [-0.2, -0.15) is 13.2 Å². The van der Waals surface area contributed by atoms with Gasteiger partial charge in [-0.1, -0.05) is 96.5 Å². The summed E-state index contributed by atoms with van der Waals surface area (Å²) < 4.78 is 47.1. The van der Waals surface area contributed by atoms with Crippen LogP contribution in [0.5, 0.6) is 5.75 Å². The average molecular weight is 594 g/mol. The summed E-state index contributed by atoms with van der Waals surface area (Å²) in [5, 5.41) is -0.267. The van der Waals surface area contributed by atoms with E-state index in [4.69, 9.17) is 16.3 Å². The molecule has 0 aliphatic rings. The molecule has 0 heterocycles. The van der Waals surface area contributed by atoms with Gasteiger partial charge in [-0.05, 0) is 60.7 Å². The van der Waals surface area contributed by atoms with E-state index in [1.54, 1.807) is 13.0 Å². The summed E-state index contributed by atoms with van der Waals surface area (Å²) in [6, 6.07) is 31.8. The summed E-state index contributed by atoms with van der Waals surface area (Å²) in [6.07, 6.45) is -3.56. The molecule has 0 radical (unpaired) electrons. The van der Waals surface area contributed by atoms with Crippen molar-refractivity contribution in [2.24, 2.45) is 0 Å². The highest BCUT2D eigenvalue weighted by atomic mass is 35.5. The van der Waals surface area contributed by atoms with E-state index in [0.717, 1.165) is 22.8 Å². The van der Waals surface area contributed by atoms with Crippen LogP contribution in [0.4, 0.5) is 13.2 Å². The number of ether oxygens (including phenoxy) is 1. The SMILES string of the molecule is CC(=O)Cc1cccc(OCCC(C)N(Cc2cccc(C(F)(F)F)c2Cl)CC(c2ccccc2)c2ccccc2)c1. The fraction of sp³-hybridized carbons (Fsp3) is 0.286. The summed E-state index contributed by atoms with van der Waals surface area (Å²) >= 11 is 6.35. The molecule has 0 aliphatic heterocycles. The molecule has 0 saturated carbocycles. The van der Waals surface area contributed by atoms with Crippen LogP contribution < -0.4 is 4.74 Å². The molecular formula is C35H35ClF3NO2. The Morgan fingerprint density at radius 1 is 0.881 bits per heavy atom. The molecule has 4 aromatic rings. The molecule has 4 aromatic carbocycles. The zero-order valence-corrected chi connectivity index (χ0v) is 24.5. The zero-order valence-electron chi connectivity index (χ0n) is 23.8. The summed E-state index contributed by atoms with van der Waals surface area (Å²) in [7, 11) is 0. The maximum absolute atomic E-state index is 13.7. The first kappa shape index (κ1) is 31.3. The van der Waals surface area contributed by atoms with Crippen LogP contribution in [0.3, 0.4) is 0 Å². The average Bonchev–Trinajstić information content (AvgIpc) is 2.96. The molecule has 0 aromatic heterocycles. The summed E-state index contributed by atoms with van der Waals surface area (Å²) in [5.74, 6) is 0.750. The van der Waals surface area contributed by atoms with Crippen LogP contribution in [0.2, 0.25) is 5.02 Å². The van der Waals surface area contributed by atoms with Crippen LogP contribution in [-0.2, 0) is 23.9 Å². The Hall–Kier alpha value is -3.61. The number of hydrogen-bond acceptors (Lipinski definition) is 3. The molecular weight excluding hydrogens is 559 g/mol. The number of rotatable bonds is 13. The lowest BCUT2D eigenvalue weighted by atomic mass is 9.90. The second-order valence-corrected chi connectivity index (χ2v) is 11.0. The molecule has 0 fully saturated rings. The van der Waals surface area contributed by atoms with Crippen LogP contribution in [-0.4, -0.2) is 29.9 Å². The molecule has 4 rings (SSSR count). The van der Waals surface area contributed by atoms with Crippen molar-refractivity contribution in [3.8, 4) is 5.75 Å². The van der Waals surface area contributed by atoms with Gasteiger partial charge in [0.05, 0.1) is 17.2 Å². The van der Waals surface area contributed by atoms with Crippen LogP contribution >= 0.6 is 11.6 Å². The van der Waals surface area contributed by atoms with Crippen LogP contribution in [0, 0.1) is 0 Å². The van der Waals surface area contributed by atoms with Crippen molar-refractivity contribution < 1.29 is 22.7 Å². The number of nitrogens with zero attached hydrogens (tertiary/aromatic N) is 1. The molecule has 0 saturated heterocycles. The largest absolute Gasteiger partial charge is 0.494 e. The Morgan fingerprint density at radius 2 is 1.50 bits per heavy atom. The third-order valence-electron chi connectivity index (χ3n) is 7.36. The van der Waals surface area contributed by atoms with Gasteiger partial charge in [0.2, 0.25) is 0 Å². The predicted octanol–water partition coefficient (Wildman–Crippen LogP) is 8.98. The number of ketones is 1. The Morgan fingerprint density at radius 3 is 2.10 bits per heavy atom. The third kappa shape index (κ3) is 8.70. The van der Waals surface area contributed by atoms with Gasteiger partial charge in [-0.3, -0.25) is 9.69 Å². The Labute approximate surface area is 250 Å². The topological polar surface area (TPSA) is 29.5 Å². The summed E-state index contributed by atoms with van der Waals surface area (Å²) in [4.78, 5) is 13.7. The van der Waals surface area contributed by atoms with E-state index < -0.39 is 11.7 Å². The standard InChI is InChI=1S/C35H35ClF3NO2/c1-25(19-20-42-31-17-9-11-27(22-31)21-26(2)41)40(23-30-16-10-18-33(34(30)36)35(37,38)39)24-32(28-12-5-3-6-13-28)29-14-7-4-8-15-29/h3-18,22,25,32H,19-21,23-24H2,1-2H3. The van der Waals surface area contributed by atoms with E-state index in [0.29, 0.717) is 37.3 Å². The lowest BCUT2D eigenvalue weighted by molar-refractivity contribution is -0.137. The number of carbonyl (C=O) groups is 1. The minimum absolute atomic E-state index is 0.0106. The molecule has 0 bridgehead atoms. The molecule has 220 valence electrons. The number of carbonyl (C=O) groups excluding carboxylic acids is 1. The van der Waals surface area contributed by atoms with Gasteiger partial charge in [0.1, 0.15) is 11.5 Å². The van der Waals surface area contributed by atoms with Crippen LogP contribution in [0.15, 0.2) is 103 Å². The van der Waals surface area contributed by atoms with Gasteiger partial charge in [-0.15, -0.1) is 0 Å². The molecule has 0 aliphatic carbocycles. The van der Waals surface area contributed by atoms with Gasteiger partial charge in [-0.25, -0.2) is 0 Å². The van der Waals surface area contributed by atoms with E-state index >= 15 is 0 Å². The Bertz CT molecular complexity index is 1400. The Balaban J connectivity index is 1.59. The number of hydrogen-bond donors (Lipinski definition) is 0. The molecule has 0 N–H and O–H groups in total. The fourth-order valence-electron chi connectivity index (χ4n) is 5.11. The van der Waals surface area contributed by atoms with Crippen molar-refractivity contribution in [3.63, 3.8) is 0 Å². The van der Waals surface area contributed by atoms with E-state index in [9.17, 15) is 18.0 Å². The highest BCUT2D eigenvalue weighted by Gasteiger charge is 2.34. The zero-order chi connectivity index (χ0) is 30.1. The Kier molecular flexibility index (Phi) is 10.8. The minimum atomic E-state index is -4.54. The van der Waals surface area contributed by atoms with Crippen molar-refractivity contribution >= 4 is 17.4 Å². The number of Topliss-reactive ketones (excluding diaryl/α,β-unsaturated/α-hetero) is 1. The highest BCUT2D eigenvalue weighted by molar-refractivity contribution is 6.32. The van der Waals surface area contributed by atoms with Crippen molar-refractivity contribution in [2.45, 2.75) is 51.4 Å². The molecule has 7 heteroatoms. The van der Waals surface area contributed by atoms with Crippen molar-refractivity contribution in [2.75, 3.05) is 13.2 Å². The second-order valence-electron chi connectivity index (χ2n) is 10.6. The first-order valence-electron chi connectivity index (χ1n) is 14.0. The second kappa shape index (κ2) is 14.5. The van der Waals surface area contributed by atoms with E-state index in [1.165, 1.54) is 6.07 Å². The van der Waals surface area contributed by atoms with Crippen LogP contribution in [0.1, 0.15) is 54.0 Å². The predicted molar refractivity (Wildman–Crippen MR) is 162 cm³/mol. The molecule has 42 heavy (non-hydrogen) atoms. The molecule has 0 spiro atoms. The van der Waals surface area contributed by atoms with E-state index in [-0.39, 0.29) is 29.3 Å². The molecule has 1 atom stereocenters. The maximum atomic E-state index is 13.7. The summed E-state index contributed by atoms with van der Waals surface area (Å²) in [6.45, 7) is 4.83. The van der Waals surface area contributed by atoms with E-state index in [1.807, 2.05) is 60.7 Å². The number of halogens is 4. The van der Waals surface area contributed by atoms with E-state index in [2.05, 4.69) is 36.1 Å². The molecule has 3 nitrogen and oxygen atoms in total. The van der Waals surface area contributed by atoms with Gasteiger partial charge < -0.3 is 4.74 Å². The van der Waals surface area contributed by atoms with Crippen molar-refractivity contribution in [1.82, 2.24) is 4.90 Å². The third-order valence-corrected chi connectivity index (χ3v) is 7.80. The number of alkyl halides is 3. The van der Waals surface area contributed by atoms with Gasteiger partial charge >= 0.3 is 6.18 Å². The minimum Gasteiger partial charge on any atom is -0.494 e.